The van der Waals surface area contributed by atoms with E-state index in [0.29, 0.717) is 0 Å². The van der Waals surface area contributed by atoms with Gasteiger partial charge in [-0.25, -0.2) is 0 Å². The molecule has 0 N–H and O–H groups in total. The Labute approximate surface area is 95.7 Å². The van der Waals surface area contributed by atoms with Crippen molar-refractivity contribution in [3.8, 4) is 0 Å². The Bertz CT molecular complexity index is 74.3. The molecule has 0 saturated heterocycles. The number of rotatable bonds is 0. The van der Waals surface area contributed by atoms with Crippen LogP contribution in [0.15, 0.2) is 0 Å². The summed E-state index contributed by atoms with van der Waals surface area (Å²) in [7, 11) is -10.8. The van der Waals surface area contributed by atoms with Crippen LogP contribution in [0.1, 0.15) is 0 Å². The van der Waals surface area contributed by atoms with Crippen LogP contribution >= 0.6 is 0 Å². The Kier molecular flexibility index (Phi) is 8.33. The summed E-state index contributed by atoms with van der Waals surface area (Å²) in [6.45, 7) is 0. The molecule has 0 fully saturated rings. The first-order valence-electron chi connectivity index (χ1n) is 1.13. The minimum Gasteiger partial charge on any atom is -1.00 e. The van der Waals surface area contributed by atoms with Crippen molar-refractivity contribution >= 4 is 54.7 Å². The Morgan fingerprint density at radius 3 is 0.600 bits per heavy atom. The topological polar surface area (TPSA) is 0 Å². The third-order valence-corrected chi connectivity index (χ3v) is 0. The molecule has 0 aliphatic heterocycles. The molecule has 0 saturated carbocycles. The van der Waals surface area contributed by atoms with Crippen LogP contribution in [0.3, 0.4) is 0 Å². The van der Waals surface area contributed by atoms with E-state index in [0.717, 1.165) is 0 Å². The van der Waals surface area contributed by atoms with Gasteiger partial charge < -0.3 is 17.0 Å². The fourth-order valence-electron chi connectivity index (χ4n) is 0. The van der Waals surface area contributed by atoms with Gasteiger partial charge in [-0.1, -0.05) is 0 Å². The molecular formula is BrF6Mg2Si+. The van der Waals surface area contributed by atoms with Gasteiger partial charge in [-0.2, -0.15) is 0 Å². The predicted molar refractivity (Wildman–Crippen MR) is 23.9 cm³/mol. The van der Waals surface area contributed by atoms with Crippen molar-refractivity contribution in [1.82, 2.24) is 0 Å². The summed E-state index contributed by atoms with van der Waals surface area (Å²) in [5.74, 6) is 0. The van der Waals surface area contributed by atoms with Crippen LogP contribution in [-0.4, -0.2) is 54.7 Å². The molecule has 0 bridgehead atoms. The maximum absolute atomic E-state index is 10.8. The smallest absolute Gasteiger partial charge is 1.00 e. The van der Waals surface area contributed by atoms with Gasteiger partial charge in [-0.3, -0.25) is 0 Å². The predicted octanol–water partition coefficient (Wildman–Crippen LogP) is -1.62. The first kappa shape index (κ1) is 22.6. The van der Waals surface area contributed by atoms with Crippen molar-refractivity contribution in [2.24, 2.45) is 0 Å². The van der Waals surface area contributed by atoms with Gasteiger partial charge in [0.1, 0.15) is 0 Å². The second kappa shape index (κ2) is 3.68. The van der Waals surface area contributed by atoms with Crippen LogP contribution in [0.25, 0.3) is 0 Å². The summed E-state index contributed by atoms with van der Waals surface area (Å²) < 4.78 is 59.3. The second-order valence-electron chi connectivity index (χ2n) is 1.07. The van der Waals surface area contributed by atoms with Crippen molar-refractivity contribution in [3.63, 3.8) is 0 Å². The molecule has 0 amide bonds. The molecule has 0 radical (unpaired) electrons. The summed E-state index contributed by atoms with van der Waals surface area (Å²) in [6, 6.07) is 0. The van der Waals surface area contributed by atoms with E-state index in [2.05, 4.69) is 0 Å². The summed E-state index contributed by atoms with van der Waals surface area (Å²) in [5.41, 5.74) is 0. The minimum absolute atomic E-state index is 0. The quantitative estimate of drug-likeness (QED) is 0.282. The monoisotopic (exact) mass is 269 g/mol. The maximum atomic E-state index is 9.88. The van der Waals surface area contributed by atoms with Crippen LogP contribution in [0.4, 0.5) is 24.6 Å². The normalized spacial score (nSPS) is 16.2. The van der Waals surface area contributed by atoms with Crippen LogP contribution in [-0.2, 0) is 0 Å². The Hall–Kier alpha value is 1.81. The number of hydrogen-bond donors (Lipinski definition) is 0. The third kappa shape index (κ3) is 233. The molecule has 0 spiro atoms. The second-order valence-corrected chi connectivity index (χ2v) is 3.21. The van der Waals surface area contributed by atoms with Gasteiger partial charge in [0.05, 0.1) is 0 Å². The first-order chi connectivity index (χ1) is 2.45. The minimum atomic E-state index is -10.8. The molecule has 10 heteroatoms. The van der Waals surface area contributed by atoms with Gasteiger partial charge >= 0.3 is 79.4 Å². The van der Waals surface area contributed by atoms with Crippen molar-refractivity contribution in [2.75, 3.05) is 0 Å². The van der Waals surface area contributed by atoms with Crippen molar-refractivity contribution in [2.45, 2.75) is 0 Å². The van der Waals surface area contributed by atoms with Crippen molar-refractivity contribution in [3.05, 3.63) is 0 Å². The van der Waals surface area contributed by atoms with Crippen LogP contribution in [0, 0.1) is 0 Å². The molecule has 0 nitrogen and oxygen atoms in total. The molecule has 0 aromatic carbocycles. The Morgan fingerprint density at radius 1 is 0.600 bits per heavy atom. The summed E-state index contributed by atoms with van der Waals surface area (Å²) in [4.78, 5) is 0. The van der Waals surface area contributed by atoms with E-state index >= 15 is 0 Å². The average molecular weight is 271 g/mol. The molecule has 0 aromatic rings. The van der Waals surface area contributed by atoms with E-state index in [9.17, 15) is 24.6 Å². The van der Waals surface area contributed by atoms with Crippen LogP contribution in [0.2, 0.25) is 0 Å². The fourth-order valence-corrected chi connectivity index (χ4v) is 0. The van der Waals surface area contributed by atoms with Crippen LogP contribution in [0.5, 0.6) is 0 Å². The fraction of sp³-hybridized carbons (Fsp3) is 0. The zero-order valence-corrected chi connectivity index (χ0v) is 9.97. The molecule has 0 aromatic heterocycles. The third-order valence-electron chi connectivity index (χ3n) is 0. The molecule has 0 heterocycles. The Balaban J connectivity index is -0.0000000600. The zero-order valence-electron chi connectivity index (χ0n) is 4.56. The van der Waals surface area contributed by atoms with Gasteiger partial charge in [-0.05, 0) is 0 Å². The zero-order chi connectivity index (χ0) is 6.41. The van der Waals surface area contributed by atoms with Crippen LogP contribution < -0.4 is 17.0 Å². The molecule has 56 valence electrons. The van der Waals surface area contributed by atoms with Gasteiger partial charge in [0.15, 0.2) is 0 Å². The van der Waals surface area contributed by atoms with Crippen molar-refractivity contribution in [1.29, 1.82) is 0 Å². The van der Waals surface area contributed by atoms with Crippen molar-refractivity contribution < 1.29 is 41.6 Å². The first-order valence-corrected chi connectivity index (χ1v) is 3.40. The summed E-state index contributed by atoms with van der Waals surface area (Å²) in [5, 5.41) is 0. The molecule has 0 aliphatic carbocycles. The molecular weight excluding hydrogens is 271 g/mol. The van der Waals surface area contributed by atoms with Gasteiger partial charge in [0.2, 0.25) is 0 Å². The van der Waals surface area contributed by atoms with E-state index in [1.807, 2.05) is 0 Å². The van der Waals surface area contributed by atoms with E-state index < -0.39 is 8.63 Å². The molecule has 0 aliphatic rings. The Morgan fingerprint density at radius 2 is 0.600 bits per heavy atom. The van der Waals surface area contributed by atoms with Gasteiger partial charge in [0, 0.05) is 0 Å². The number of halogens is 7. The molecule has 0 rings (SSSR count). The molecule has 0 atom stereocenters. The SMILES string of the molecule is F[Si-2](F)(F)(F)(F)F.[Br-].[Mg+2].[Mg+2]. The largest absolute Gasteiger partial charge is 2.00 e. The van der Waals surface area contributed by atoms with E-state index in [1.54, 1.807) is 0 Å². The summed E-state index contributed by atoms with van der Waals surface area (Å²) >= 11 is 0. The molecule has 0 unspecified atom stereocenters. The molecule has 10 heavy (non-hydrogen) atoms. The average Bonchev–Trinajstić information content (AvgIpc) is 0.592. The van der Waals surface area contributed by atoms with Gasteiger partial charge in [-0.15, -0.1) is 0 Å². The van der Waals surface area contributed by atoms with Gasteiger partial charge in [0.25, 0.3) is 0 Å². The standard InChI is InChI=1S/BrH.F6Si.2Mg/c;1-7(2,3,4,5)6;;/h1H;;;/q;-2;2*+2/p-1. The van der Waals surface area contributed by atoms with E-state index in [4.69, 9.17) is 0 Å². The maximum Gasteiger partial charge on any atom is 2.00 e. The number of hydrogen-bond acceptors (Lipinski definition) is 0. The van der Waals surface area contributed by atoms with E-state index in [1.165, 1.54) is 0 Å². The summed E-state index contributed by atoms with van der Waals surface area (Å²) in [6.07, 6.45) is 0. The van der Waals surface area contributed by atoms with E-state index in [-0.39, 0.29) is 63.1 Å².